The largest absolute Gasteiger partial charge is 0.389 e. The molecule has 1 aromatic carbocycles. The number of anilines is 1. The van der Waals surface area contributed by atoms with Crippen molar-refractivity contribution < 1.29 is 9.90 Å². The highest BCUT2D eigenvalue weighted by Gasteiger charge is 2.12. The van der Waals surface area contributed by atoms with Crippen molar-refractivity contribution >= 4 is 11.6 Å². The molecule has 0 heterocycles. The molecule has 0 fully saturated rings. The Bertz CT molecular complexity index is 403. The van der Waals surface area contributed by atoms with E-state index in [9.17, 15) is 9.90 Å². The number of rotatable bonds is 5. The summed E-state index contributed by atoms with van der Waals surface area (Å²) in [4.78, 5) is 13.8. The van der Waals surface area contributed by atoms with Gasteiger partial charge in [0.1, 0.15) is 0 Å². The van der Waals surface area contributed by atoms with E-state index in [4.69, 9.17) is 0 Å². The number of para-hydroxylation sites is 1. The molecule has 0 aliphatic rings. The lowest BCUT2D eigenvalue weighted by molar-refractivity contribution is -0.117. The summed E-state index contributed by atoms with van der Waals surface area (Å²) in [5, 5.41) is 12.5. The highest BCUT2D eigenvalue weighted by atomic mass is 16.3. The number of hydrogen-bond acceptors (Lipinski definition) is 3. The molecule has 0 saturated heterocycles. The summed E-state index contributed by atoms with van der Waals surface area (Å²) < 4.78 is 0. The molecule has 18 heavy (non-hydrogen) atoms. The van der Waals surface area contributed by atoms with E-state index >= 15 is 0 Å². The van der Waals surface area contributed by atoms with Gasteiger partial charge in [-0.25, -0.2) is 0 Å². The zero-order valence-electron chi connectivity index (χ0n) is 11.5. The third kappa shape index (κ3) is 4.13. The Labute approximate surface area is 109 Å². The first-order chi connectivity index (χ1) is 8.41. The van der Waals surface area contributed by atoms with Crippen LogP contribution in [0, 0.1) is 0 Å². The highest BCUT2D eigenvalue weighted by Crippen LogP contribution is 2.22. The lowest BCUT2D eigenvalue weighted by Crippen LogP contribution is -2.35. The van der Waals surface area contributed by atoms with Gasteiger partial charge in [0, 0.05) is 17.3 Å². The van der Waals surface area contributed by atoms with Gasteiger partial charge in [0.15, 0.2) is 0 Å². The fourth-order valence-electron chi connectivity index (χ4n) is 1.57. The molecule has 4 heteroatoms. The molecule has 4 nitrogen and oxygen atoms in total. The highest BCUT2D eigenvalue weighted by molar-refractivity contribution is 5.93. The van der Waals surface area contributed by atoms with Gasteiger partial charge in [0.05, 0.1) is 12.6 Å². The van der Waals surface area contributed by atoms with Crippen molar-refractivity contribution in [1.82, 2.24) is 4.90 Å². The number of nitrogens with zero attached hydrogens (tertiary/aromatic N) is 1. The molecule has 0 saturated carbocycles. The number of amides is 1. The standard InChI is InChI=1S/C14H22N2O2/c1-10(2)16(4)9-14(18)15-13-8-6-5-7-12(13)11(3)17/h5-8,10-11,17H,9H2,1-4H3,(H,15,18)/t11-/m1/s1. The van der Waals surface area contributed by atoms with Gasteiger partial charge < -0.3 is 10.4 Å². The Morgan fingerprint density at radius 2 is 1.94 bits per heavy atom. The van der Waals surface area contributed by atoms with Gasteiger partial charge >= 0.3 is 0 Å². The lowest BCUT2D eigenvalue weighted by Gasteiger charge is -2.21. The number of aliphatic hydroxyl groups is 1. The van der Waals surface area contributed by atoms with Gasteiger partial charge in [-0.2, -0.15) is 0 Å². The average Bonchev–Trinajstić information content (AvgIpc) is 2.28. The Hall–Kier alpha value is -1.39. The zero-order valence-corrected chi connectivity index (χ0v) is 11.5. The van der Waals surface area contributed by atoms with Crippen LogP contribution in [0.4, 0.5) is 5.69 Å². The fraction of sp³-hybridized carbons (Fsp3) is 0.500. The van der Waals surface area contributed by atoms with Crippen molar-refractivity contribution in [1.29, 1.82) is 0 Å². The van der Waals surface area contributed by atoms with Crippen LogP contribution in [-0.2, 0) is 4.79 Å². The molecule has 0 spiro atoms. The van der Waals surface area contributed by atoms with Gasteiger partial charge in [0.25, 0.3) is 0 Å². The molecule has 100 valence electrons. The maximum atomic E-state index is 11.9. The first kappa shape index (κ1) is 14.7. The van der Waals surface area contributed by atoms with Crippen LogP contribution in [0.2, 0.25) is 0 Å². The quantitative estimate of drug-likeness (QED) is 0.840. The van der Waals surface area contributed by atoms with Crippen LogP contribution in [0.3, 0.4) is 0 Å². The number of benzene rings is 1. The molecular formula is C14H22N2O2. The minimum absolute atomic E-state index is 0.0701. The average molecular weight is 250 g/mol. The summed E-state index contributed by atoms with van der Waals surface area (Å²) >= 11 is 0. The molecule has 0 aromatic heterocycles. The number of carbonyl (C=O) groups excluding carboxylic acids is 1. The van der Waals surface area contributed by atoms with Crippen LogP contribution < -0.4 is 5.32 Å². The molecule has 1 amide bonds. The van der Waals surface area contributed by atoms with Crippen molar-refractivity contribution in [2.45, 2.75) is 32.9 Å². The van der Waals surface area contributed by atoms with E-state index < -0.39 is 6.10 Å². The van der Waals surface area contributed by atoms with Crippen LogP contribution >= 0.6 is 0 Å². The first-order valence-electron chi connectivity index (χ1n) is 6.19. The van der Waals surface area contributed by atoms with Gasteiger partial charge in [-0.05, 0) is 33.9 Å². The third-order valence-corrected chi connectivity index (χ3v) is 2.96. The molecule has 2 N–H and O–H groups in total. The molecule has 1 aromatic rings. The van der Waals surface area contributed by atoms with E-state index in [-0.39, 0.29) is 5.91 Å². The van der Waals surface area contributed by atoms with Gasteiger partial charge in [-0.3, -0.25) is 9.69 Å². The second kappa shape index (κ2) is 6.52. The molecule has 0 radical (unpaired) electrons. The Morgan fingerprint density at radius 3 is 2.50 bits per heavy atom. The van der Waals surface area contributed by atoms with Crippen molar-refractivity contribution in [2.75, 3.05) is 18.9 Å². The maximum Gasteiger partial charge on any atom is 0.238 e. The number of aliphatic hydroxyl groups excluding tert-OH is 1. The zero-order chi connectivity index (χ0) is 13.7. The summed E-state index contributed by atoms with van der Waals surface area (Å²) in [6.07, 6.45) is -0.593. The monoisotopic (exact) mass is 250 g/mol. The molecule has 0 bridgehead atoms. The minimum Gasteiger partial charge on any atom is -0.389 e. The number of nitrogens with one attached hydrogen (secondary N) is 1. The summed E-state index contributed by atoms with van der Waals surface area (Å²) in [5.41, 5.74) is 1.41. The number of carbonyl (C=O) groups is 1. The molecule has 1 rings (SSSR count). The van der Waals surface area contributed by atoms with Gasteiger partial charge in [0.2, 0.25) is 5.91 Å². The number of hydrogen-bond donors (Lipinski definition) is 2. The maximum absolute atomic E-state index is 11.9. The van der Waals surface area contributed by atoms with Crippen molar-refractivity contribution in [3.63, 3.8) is 0 Å². The van der Waals surface area contributed by atoms with Crippen LogP contribution in [0.5, 0.6) is 0 Å². The summed E-state index contributed by atoms with van der Waals surface area (Å²) in [7, 11) is 1.91. The van der Waals surface area contributed by atoms with E-state index in [1.54, 1.807) is 13.0 Å². The fourth-order valence-corrected chi connectivity index (χ4v) is 1.57. The van der Waals surface area contributed by atoms with Gasteiger partial charge in [-0.15, -0.1) is 0 Å². The SMILES string of the molecule is CC(C)N(C)CC(=O)Nc1ccccc1[C@@H](C)O. The number of likely N-dealkylation sites (N-methyl/N-ethyl adjacent to an activating group) is 1. The predicted octanol–water partition coefficient (Wildman–Crippen LogP) is 2.02. The smallest absolute Gasteiger partial charge is 0.238 e. The third-order valence-electron chi connectivity index (χ3n) is 2.96. The Kier molecular flexibility index (Phi) is 5.31. The van der Waals surface area contributed by atoms with E-state index in [0.717, 1.165) is 5.56 Å². The van der Waals surface area contributed by atoms with E-state index in [2.05, 4.69) is 5.32 Å². The summed E-state index contributed by atoms with van der Waals surface area (Å²) in [6.45, 7) is 6.10. The Balaban J connectivity index is 2.70. The van der Waals surface area contributed by atoms with Crippen molar-refractivity contribution in [3.05, 3.63) is 29.8 Å². The molecule has 0 aliphatic carbocycles. The normalized spacial score (nSPS) is 12.8. The lowest BCUT2D eigenvalue weighted by atomic mass is 10.1. The molecular weight excluding hydrogens is 228 g/mol. The van der Waals surface area contributed by atoms with Crippen LogP contribution in [0.25, 0.3) is 0 Å². The summed E-state index contributed by atoms with van der Waals surface area (Å²) in [5.74, 6) is -0.0701. The predicted molar refractivity (Wildman–Crippen MR) is 73.5 cm³/mol. The molecule has 0 unspecified atom stereocenters. The first-order valence-corrected chi connectivity index (χ1v) is 6.19. The minimum atomic E-state index is -0.593. The van der Waals surface area contributed by atoms with Crippen LogP contribution in [0.1, 0.15) is 32.4 Å². The van der Waals surface area contributed by atoms with Crippen molar-refractivity contribution in [3.8, 4) is 0 Å². The van der Waals surface area contributed by atoms with E-state index in [0.29, 0.717) is 18.3 Å². The second-order valence-electron chi connectivity index (χ2n) is 4.82. The topological polar surface area (TPSA) is 52.6 Å². The van der Waals surface area contributed by atoms with Crippen LogP contribution in [0.15, 0.2) is 24.3 Å². The van der Waals surface area contributed by atoms with E-state index in [1.807, 2.05) is 44.0 Å². The van der Waals surface area contributed by atoms with Gasteiger partial charge in [-0.1, -0.05) is 18.2 Å². The second-order valence-corrected chi connectivity index (χ2v) is 4.82. The van der Waals surface area contributed by atoms with Crippen LogP contribution in [-0.4, -0.2) is 35.5 Å². The Morgan fingerprint density at radius 1 is 1.33 bits per heavy atom. The molecule has 1 atom stereocenters. The summed E-state index contributed by atoms with van der Waals surface area (Å²) in [6, 6.07) is 7.62. The molecule has 0 aliphatic heterocycles. The van der Waals surface area contributed by atoms with E-state index in [1.165, 1.54) is 0 Å². The van der Waals surface area contributed by atoms with Crippen molar-refractivity contribution in [2.24, 2.45) is 0 Å².